The van der Waals surface area contributed by atoms with Gasteiger partial charge in [-0.3, -0.25) is 10.1 Å². The van der Waals surface area contributed by atoms with Crippen molar-refractivity contribution in [2.45, 2.75) is 4.90 Å². The fourth-order valence-corrected chi connectivity index (χ4v) is 1.77. The van der Waals surface area contributed by atoms with Gasteiger partial charge in [-0.05, 0) is 18.2 Å². The second-order valence-corrected chi connectivity index (χ2v) is 5.46. The van der Waals surface area contributed by atoms with E-state index in [1.807, 2.05) is 5.32 Å². The normalized spacial score (nSPS) is 10.7. The van der Waals surface area contributed by atoms with E-state index in [-0.39, 0.29) is 10.6 Å². The Balaban J connectivity index is 2.69. The van der Waals surface area contributed by atoms with Crippen LogP contribution in [0.3, 0.4) is 0 Å². The molecule has 0 bridgehead atoms. The second-order valence-electron chi connectivity index (χ2n) is 3.45. The van der Waals surface area contributed by atoms with Gasteiger partial charge >= 0.3 is 6.03 Å². The zero-order chi connectivity index (χ0) is 13.8. The van der Waals surface area contributed by atoms with Gasteiger partial charge in [-0.2, -0.15) is 0 Å². The number of benzene rings is 1. The third-order valence-corrected chi connectivity index (χ3v) is 2.98. The third kappa shape index (κ3) is 4.42. The first kappa shape index (κ1) is 14.0. The van der Waals surface area contributed by atoms with Gasteiger partial charge in [0.05, 0.1) is 4.90 Å². The number of nitrogens with two attached hydrogens (primary N) is 1. The molecule has 0 radical (unpaired) electrons. The van der Waals surface area contributed by atoms with E-state index in [1.54, 1.807) is 0 Å². The summed E-state index contributed by atoms with van der Waals surface area (Å²) in [5, 5.41) is 1.81. The maximum absolute atomic E-state index is 11.3. The van der Waals surface area contributed by atoms with Gasteiger partial charge in [0.15, 0.2) is 16.4 Å². The van der Waals surface area contributed by atoms with Crippen molar-refractivity contribution >= 4 is 21.8 Å². The van der Waals surface area contributed by atoms with Gasteiger partial charge in [-0.15, -0.1) is 0 Å². The summed E-state index contributed by atoms with van der Waals surface area (Å²) in [6.07, 6.45) is 1.06. The van der Waals surface area contributed by atoms with E-state index >= 15 is 0 Å². The summed E-state index contributed by atoms with van der Waals surface area (Å²) in [7, 11) is -3.34. The van der Waals surface area contributed by atoms with Crippen LogP contribution in [0.5, 0.6) is 5.75 Å². The van der Waals surface area contributed by atoms with Gasteiger partial charge in [-0.25, -0.2) is 13.2 Å². The van der Waals surface area contributed by atoms with Crippen LogP contribution in [0.2, 0.25) is 0 Å². The Morgan fingerprint density at radius 1 is 1.39 bits per heavy atom. The van der Waals surface area contributed by atoms with Crippen molar-refractivity contribution in [1.29, 1.82) is 0 Å². The Kier molecular flexibility index (Phi) is 4.27. The number of primary amides is 1. The van der Waals surface area contributed by atoms with Gasteiger partial charge in [-0.1, -0.05) is 6.07 Å². The van der Waals surface area contributed by atoms with Gasteiger partial charge in [0.1, 0.15) is 5.75 Å². The molecule has 0 fully saturated rings. The molecule has 0 aliphatic rings. The highest BCUT2D eigenvalue weighted by Crippen LogP contribution is 2.17. The summed E-state index contributed by atoms with van der Waals surface area (Å²) >= 11 is 0. The lowest BCUT2D eigenvalue weighted by molar-refractivity contribution is -0.121. The van der Waals surface area contributed by atoms with Crippen LogP contribution < -0.4 is 15.8 Å². The molecule has 0 spiro atoms. The molecule has 7 nitrogen and oxygen atoms in total. The molecule has 3 N–H and O–H groups in total. The standard InChI is InChI=1S/C10H12N2O5S/c1-18(15,16)8-4-2-3-7(5-8)17-6-9(13)12-10(11)14/h2-5H,6H2,1H3,(H3,11,12,13,14). The van der Waals surface area contributed by atoms with Gasteiger partial charge in [0.2, 0.25) is 0 Å². The number of urea groups is 1. The summed E-state index contributed by atoms with van der Waals surface area (Å²) in [6, 6.07) is 4.69. The predicted molar refractivity (Wildman–Crippen MR) is 62.8 cm³/mol. The van der Waals surface area contributed by atoms with E-state index in [4.69, 9.17) is 10.5 Å². The molecule has 1 aromatic carbocycles. The molecule has 1 rings (SSSR count). The van der Waals surface area contributed by atoms with E-state index in [9.17, 15) is 18.0 Å². The first-order chi connectivity index (χ1) is 8.29. The molecule has 1 aromatic rings. The minimum absolute atomic E-state index is 0.0790. The summed E-state index contributed by atoms with van der Waals surface area (Å²) in [5.41, 5.74) is 4.74. The molecule has 98 valence electrons. The average molecular weight is 272 g/mol. The van der Waals surface area contributed by atoms with Crippen LogP contribution in [0.25, 0.3) is 0 Å². The van der Waals surface area contributed by atoms with Crippen LogP contribution >= 0.6 is 0 Å². The molecule has 18 heavy (non-hydrogen) atoms. The molecule has 0 unspecified atom stereocenters. The van der Waals surface area contributed by atoms with Crippen LogP contribution in [0.15, 0.2) is 29.2 Å². The van der Waals surface area contributed by atoms with Crippen molar-refractivity contribution in [1.82, 2.24) is 5.32 Å². The predicted octanol–water partition coefficient (Wildman–Crippen LogP) is -0.336. The Hall–Kier alpha value is -2.09. The molecule has 0 aliphatic heterocycles. The number of hydrogen-bond acceptors (Lipinski definition) is 5. The summed E-state index contributed by atoms with van der Waals surface area (Å²) < 4.78 is 27.6. The molecule has 0 aliphatic carbocycles. The third-order valence-electron chi connectivity index (χ3n) is 1.87. The number of carbonyl (C=O) groups is 2. The molecule has 0 saturated heterocycles. The maximum atomic E-state index is 11.3. The molecular formula is C10H12N2O5S. The van der Waals surface area contributed by atoms with E-state index in [1.165, 1.54) is 24.3 Å². The Morgan fingerprint density at radius 3 is 2.61 bits per heavy atom. The zero-order valence-electron chi connectivity index (χ0n) is 9.54. The van der Waals surface area contributed by atoms with E-state index in [2.05, 4.69) is 0 Å². The summed E-state index contributed by atoms with van der Waals surface area (Å²) in [4.78, 5) is 21.5. The number of sulfone groups is 1. The number of imide groups is 1. The summed E-state index contributed by atoms with van der Waals surface area (Å²) in [5.74, 6) is -0.509. The Labute approximate surface area is 104 Å². The molecule has 0 aromatic heterocycles. The smallest absolute Gasteiger partial charge is 0.318 e. The average Bonchev–Trinajstić information content (AvgIpc) is 2.25. The molecule has 0 heterocycles. The van der Waals surface area contributed by atoms with Crippen LogP contribution in [0.4, 0.5) is 4.79 Å². The number of nitrogens with one attached hydrogen (secondary N) is 1. The summed E-state index contributed by atoms with van der Waals surface area (Å²) in [6.45, 7) is -0.434. The highest BCUT2D eigenvalue weighted by atomic mass is 32.2. The van der Waals surface area contributed by atoms with Gasteiger partial charge in [0.25, 0.3) is 5.91 Å². The first-order valence-electron chi connectivity index (χ1n) is 4.81. The highest BCUT2D eigenvalue weighted by molar-refractivity contribution is 7.90. The quantitative estimate of drug-likeness (QED) is 0.778. The fraction of sp³-hybridized carbons (Fsp3) is 0.200. The molecule has 0 saturated carbocycles. The number of ether oxygens (including phenoxy) is 1. The van der Waals surface area contributed by atoms with E-state index < -0.39 is 28.4 Å². The van der Waals surface area contributed by atoms with E-state index in [0.29, 0.717) is 0 Å². The van der Waals surface area contributed by atoms with Crippen LogP contribution in [0.1, 0.15) is 0 Å². The molecular weight excluding hydrogens is 260 g/mol. The second kappa shape index (κ2) is 5.50. The van der Waals surface area contributed by atoms with Gasteiger partial charge in [0, 0.05) is 6.26 Å². The van der Waals surface area contributed by atoms with Crippen molar-refractivity contribution in [3.05, 3.63) is 24.3 Å². The van der Waals surface area contributed by atoms with Crippen molar-refractivity contribution < 1.29 is 22.7 Å². The largest absolute Gasteiger partial charge is 0.484 e. The lowest BCUT2D eigenvalue weighted by Gasteiger charge is -2.06. The molecule has 3 amide bonds. The lowest BCUT2D eigenvalue weighted by Crippen LogP contribution is -2.38. The monoisotopic (exact) mass is 272 g/mol. The number of rotatable bonds is 4. The minimum Gasteiger partial charge on any atom is -0.484 e. The van der Waals surface area contributed by atoms with Gasteiger partial charge < -0.3 is 10.5 Å². The fourth-order valence-electron chi connectivity index (χ4n) is 1.12. The molecule has 0 atom stereocenters. The topological polar surface area (TPSA) is 116 Å². The van der Waals surface area contributed by atoms with Crippen molar-refractivity contribution in [2.75, 3.05) is 12.9 Å². The first-order valence-corrected chi connectivity index (χ1v) is 6.70. The lowest BCUT2D eigenvalue weighted by atomic mass is 10.3. The molecule has 8 heteroatoms. The Morgan fingerprint density at radius 2 is 2.06 bits per heavy atom. The van der Waals surface area contributed by atoms with Crippen LogP contribution in [-0.4, -0.2) is 33.2 Å². The van der Waals surface area contributed by atoms with Crippen LogP contribution in [0, 0.1) is 0 Å². The van der Waals surface area contributed by atoms with E-state index in [0.717, 1.165) is 6.26 Å². The number of carbonyl (C=O) groups excluding carboxylic acids is 2. The maximum Gasteiger partial charge on any atom is 0.318 e. The Bertz CT molecular complexity index is 567. The number of amides is 3. The number of hydrogen-bond donors (Lipinski definition) is 2. The highest BCUT2D eigenvalue weighted by Gasteiger charge is 2.09. The van der Waals surface area contributed by atoms with Crippen LogP contribution in [-0.2, 0) is 14.6 Å². The van der Waals surface area contributed by atoms with Crippen molar-refractivity contribution in [2.24, 2.45) is 5.73 Å². The van der Waals surface area contributed by atoms with Crippen molar-refractivity contribution in [3.8, 4) is 5.75 Å². The van der Waals surface area contributed by atoms with Crippen molar-refractivity contribution in [3.63, 3.8) is 0 Å². The minimum atomic E-state index is -3.34. The SMILES string of the molecule is CS(=O)(=O)c1cccc(OCC(=O)NC(N)=O)c1. The zero-order valence-corrected chi connectivity index (χ0v) is 10.4.